The Labute approximate surface area is 207 Å². The van der Waals surface area contributed by atoms with Gasteiger partial charge >= 0.3 is 10.1 Å². The molecule has 35 heavy (non-hydrogen) atoms. The summed E-state index contributed by atoms with van der Waals surface area (Å²) in [5.74, 6) is 0.596. The Balaban J connectivity index is 1.48. The van der Waals surface area contributed by atoms with Crippen molar-refractivity contribution in [2.24, 2.45) is 0 Å². The fraction of sp³-hybridized carbons (Fsp3) is 0.120. The Morgan fingerprint density at radius 2 is 1.49 bits per heavy atom. The summed E-state index contributed by atoms with van der Waals surface area (Å²) in [7, 11) is -2.55. The number of nitrogens with zero attached hydrogens (tertiary/aromatic N) is 1. The maximum atomic E-state index is 12.9. The second-order valence-electron chi connectivity index (χ2n) is 7.22. The first kappa shape index (κ1) is 24.4. The molecule has 0 saturated carbocycles. The fourth-order valence-corrected chi connectivity index (χ4v) is 5.08. The van der Waals surface area contributed by atoms with Crippen LogP contribution in [-0.2, 0) is 14.9 Å². The standard InChI is InChI=1S/C25H21NO7S2/c1-31-21-13-7-8-14-22(21)32-16-15-26-24(27)23(34-25(26)28)17-18-9-5-6-12-20(18)33-35(29,30)19-10-3-2-4-11-19/h2-14,17H,15-16H2,1H3/b23-17-. The number of hydrogen-bond donors (Lipinski definition) is 0. The molecular weight excluding hydrogens is 490 g/mol. The molecule has 8 nitrogen and oxygen atoms in total. The van der Waals surface area contributed by atoms with E-state index in [1.165, 1.54) is 31.4 Å². The minimum absolute atomic E-state index is 0.00479. The van der Waals surface area contributed by atoms with Gasteiger partial charge in [-0.1, -0.05) is 48.5 Å². The van der Waals surface area contributed by atoms with E-state index in [9.17, 15) is 18.0 Å². The number of benzene rings is 3. The highest BCUT2D eigenvalue weighted by atomic mass is 32.2. The molecule has 2 amide bonds. The first-order valence-corrected chi connectivity index (χ1v) is 12.7. The smallest absolute Gasteiger partial charge is 0.339 e. The number of hydrogen-bond acceptors (Lipinski definition) is 8. The van der Waals surface area contributed by atoms with E-state index in [0.717, 1.165) is 16.7 Å². The minimum atomic E-state index is -4.07. The van der Waals surface area contributed by atoms with Crippen molar-refractivity contribution in [3.63, 3.8) is 0 Å². The number of carbonyl (C=O) groups is 2. The molecule has 0 spiro atoms. The van der Waals surface area contributed by atoms with E-state index >= 15 is 0 Å². The van der Waals surface area contributed by atoms with Crippen LogP contribution < -0.4 is 13.7 Å². The third kappa shape index (κ3) is 5.67. The lowest BCUT2D eigenvalue weighted by Crippen LogP contribution is -2.32. The van der Waals surface area contributed by atoms with E-state index in [-0.39, 0.29) is 28.7 Å². The third-order valence-corrected chi connectivity index (χ3v) is 7.11. The van der Waals surface area contributed by atoms with Gasteiger partial charge in [0.2, 0.25) is 0 Å². The highest BCUT2D eigenvalue weighted by molar-refractivity contribution is 8.18. The van der Waals surface area contributed by atoms with Gasteiger partial charge in [0.1, 0.15) is 17.3 Å². The summed E-state index contributed by atoms with van der Waals surface area (Å²) in [6, 6.07) is 21.2. The molecule has 1 heterocycles. The first-order valence-electron chi connectivity index (χ1n) is 10.5. The molecule has 1 saturated heterocycles. The predicted octanol–water partition coefficient (Wildman–Crippen LogP) is 4.58. The van der Waals surface area contributed by atoms with Crippen molar-refractivity contribution in [3.05, 3.63) is 89.3 Å². The zero-order valence-corrected chi connectivity index (χ0v) is 20.3. The van der Waals surface area contributed by atoms with Crippen LogP contribution in [0.15, 0.2) is 88.7 Å². The summed E-state index contributed by atoms with van der Waals surface area (Å²) in [5, 5.41) is -0.444. The third-order valence-electron chi connectivity index (χ3n) is 4.95. The second kappa shape index (κ2) is 10.7. The number of imide groups is 1. The van der Waals surface area contributed by atoms with E-state index < -0.39 is 21.3 Å². The molecule has 1 fully saturated rings. The van der Waals surface area contributed by atoms with Gasteiger partial charge < -0.3 is 13.7 Å². The van der Waals surface area contributed by atoms with E-state index in [1.54, 1.807) is 60.7 Å². The summed E-state index contributed by atoms with van der Waals surface area (Å²) in [6.45, 7) is 0.126. The summed E-state index contributed by atoms with van der Waals surface area (Å²) < 4.78 is 41.5. The molecular formula is C25H21NO7S2. The minimum Gasteiger partial charge on any atom is -0.493 e. The highest BCUT2D eigenvalue weighted by Gasteiger charge is 2.35. The quantitative estimate of drug-likeness (QED) is 0.304. The number of para-hydroxylation sites is 3. The topological polar surface area (TPSA) is 99.2 Å². The van der Waals surface area contributed by atoms with Gasteiger partial charge in [0.25, 0.3) is 11.1 Å². The molecule has 1 aliphatic heterocycles. The molecule has 0 aromatic heterocycles. The Morgan fingerprint density at radius 3 is 2.20 bits per heavy atom. The van der Waals surface area contributed by atoms with Crippen LogP contribution in [0.25, 0.3) is 6.08 Å². The Kier molecular flexibility index (Phi) is 7.42. The van der Waals surface area contributed by atoms with E-state index in [2.05, 4.69) is 0 Å². The molecule has 3 aromatic rings. The van der Waals surface area contributed by atoms with Gasteiger partial charge in [0, 0.05) is 5.56 Å². The maximum absolute atomic E-state index is 12.9. The monoisotopic (exact) mass is 511 g/mol. The first-order chi connectivity index (χ1) is 16.9. The SMILES string of the molecule is COc1ccccc1OCCN1C(=O)S/C(=C\c2ccccc2OS(=O)(=O)c2ccccc2)C1=O. The molecule has 10 heteroatoms. The predicted molar refractivity (Wildman–Crippen MR) is 132 cm³/mol. The number of carbonyl (C=O) groups excluding carboxylic acids is 2. The average molecular weight is 512 g/mol. The molecule has 1 aliphatic rings. The second-order valence-corrected chi connectivity index (χ2v) is 9.76. The van der Waals surface area contributed by atoms with Gasteiger partial charge in [0.15, 0.2) is 11.5 Å². The normalized spacial score (nSPS) is 14.9. The fourth-order valence-electron chi connectivity index (χ4n) is 3.25. The Hall–Kier alpha value is -3.76. The van der Waals surface area contributed by atoms with Crippen LogP contribution in [0.3, 0.4) is 0 Å². The van der Waals surface area contributed by atoms with Crippen molar-refractivity contribution in [1.82, 2.24) is 4.90 Å². The van der Waals surface area contributed by atoms with Crippen LogP contribution in [0.2, 0.25) is 0 Å². The summed E-state index contributed by atoms with van der Waals surface area (Å²) >= 11 is 0.767. The van der Waals surface area contributed by atoms with E-state index in [1.807, 2.05) is 0 Å². The molecule has 0 aliphatic carbocycles. The molecule has 180 valence electrons. The van der Waals surface area contributed by atoms with Crippen molar-refractivity contribution in [3.8, 4) is 17.2 Å². The van der Waals surface area contributed by atoms with Gasteiger partial charge in [-0.15, -0.1) is 0 Å². The molecule has 0 bridgehead atoms. The average Bonchev–Trinajstić information content (AvgIpc) is 3.13. The van der Waals surface area contributed by atoms with Crippen LogP contribution in [0, 0.1) is 0 Å². The largest absolute Gasteiger partial charge is 0.493 e. The van der Waals surface area contributed by atoms with Gasteiger partial charge in [-0.2, -0.15) is 8.42 Å². The zero-order chi connectivity index (χ0) is 24.8. The molecule has 0 atom stereocenters. The highest BCUT2D eigenvalue weighted by Crippen LogP contribution is 2.34. The number of methoxy groups -OCH3 is 1. The van der Waals surface area contributed by atoms with Crippen LogP contribution >= 0.6 is 11.8 Å². The molecule has 0 unspecified atom stereocenters. The molecule has 3 aromatic carbocycles. The van der Waals surface area contributed by atoms with Crippen LogP contribution in [0.1, 0.15) is 5.56 Å². The number of ether oxygens (including phenoxy) is 2. The number of rotatable bonds is 9. The van der Waals surface area contributed by atoms with Gasteiger partial charge in [0.05, 0.1) is 18.6 Å². The van der Waals surface area contributed by atoms with E-state index in [4.69, 9.17) is 13.7 Å². The van der Waals surface area contributed by atoms with Crippen molar-refractivity contribution >= 4 is 39.1 Å². The summed E-state index contributed by atoms with van der Waals surface area (Å²) in [4.78, 5) is 26.6. The molecule has 4 rings (SSSR count). The molecule has 0 N–H and O–H groups in total. The Bertz CT molecular complexity index is 1370. The van der Waals surface area contributed by atoms with Crippen LogP contribution in [0.4, 0.5) is 4.79 Å². The molecule has 0 radical (unpaired) electrons. The Morgan fingerprint density at radius 1 is 0.857 bits per heavy atom. The van der Waals surface area contributed by atoms with Crippen molar-refractivity contribution in [1.29, 1.82) is 0 Å². The van der Waals surface area contributed by atoms with Crippen molar-refractivity contribution in [2.45, 2.75) is 4.90 Å². The van der Waals surface area contributed by atoms with E-state index in [0.29, 0.717) is 17.1 Å². The van der Waals surface area contributed by atoms with Crippen molar-refractivity contribution < 1.29 is 31.7 Å². The summed E-state index contributed by atoms with van der Waals surface area (Å²) in [6.07, 6.45) is 1.45. The van der Waals surface area contributed by atoms with Gasteiger partial charge in [-0.3, -0.25) is 14.5 Å². The number of amides is 2. The lowest BCUT2D eigenvalue weighted by molar-refractivity contribution is -0.123. The summed E-state index contributed by atoms with van der Waals surface area (Å²) in [5.41, 5.74) is 0.350. The lowest BCUT2D eigenvalue weighted by Gasteiger charge is -2.14. The lowest BCUT2D eigenvalue weighted by atomic mass is 10.2. The van der Waals surface area contributed by atoms with Crippen LogP contribution in [-0.4, -0.2) is 44.7 Å². The van der Waals surface area contributed by atoms with Crippen molar-refractivity contribution in [2.75, 3.05) is 20.3 Å². The van der Waals surface area contributed by atoms with Gasteiger partial charge in [-0.05, 0) is 48.2 Å². The zero-order valence-electron chi connectivity index (χ0n) is 18.6. The number of thioether (sulfide) groups is 1. The van der Waals surface area contributed by atoms with Crippen LogP contribution in [0.5, 0.6) is 17.2 Å². The maximum Gasteiger partial charge on any atom is 0.339 e. The van der Waals surface area contributed by atoms with Gasteiger partial charge in [-0.25, -0.2) is 0 Å².